The molecule has 0 bridgehead atoms. The van der Waals surface area contributed by atoms with E-state index >= 15 is 0 Å². The Morgan fingerprint density at radius 3 is 2.52 bits per heavy atom. The van der Waals surface area contributed by atoms with Crippen molar-refractivity contribution in [3.05, 3.63) is 23.8 Å². The van der Waals surface area contributed by atoms with E-state index < -0.39 is 21.8 Å². The van der Waals surface area contributed by atoms with Gasteiger partial charge in [0.05, 0.1) is 11.4 Å². The van der Waals surface area contributed by atoms with Gasteiger partial charge in [0.2, 0.25) is 10.0 Å². The van der Waals surface area contributed by atoms with Crippen LogP contribution in [-0.4, -0.2) is 38.6 Å². The number of hydrogen-bond acceptors (Lipinski definition) is 4. The Morgan fingerprint density at radius 1 is 1.22 bits per heavy atom. The molecule has 1 heterocycles. The van der Waals surface area contributed by atoms with Crippen molar-refractivity contribution in [1.29, 1.82) is 0 Å². The average Bonchev–Trinajstić information content (AvgIpc) is 3.22. The summed E-state index contributed by atoms with van der Waals surface area (Å²) in [4.78, 5) is 23.5. The largest absolute Gasteiger partial charge is 0.345 e. The molecule has 1 aliphatic carbocycles. The van der Waals surface area contributed by atoms with Crippen molar-refractivity contribution < 1.29 is 18.0 Å². The van der Waals surface area contributed by atoms with E-state index in [0.29, 0.717) is 29.9 Å². The summed E-state index contributed by atoms with van der Waals surface area (Å²) in [6.07, 6.45) is 2.44. The molecule has 7 nitrogen and oxygen atoms in total. The minimum Gasteiger partial charge on any atom is -0.345 e. The first-order chi connectivity index (χ1) is 10.9. The molecule has 3 rings (SSSR count). The highest BCUT2D eigenvalue weighted by atomic mass is 32.2. The van der Waals surface area contributed by atoms with Crippen LogP contribution in [0.25, 0.3) is 0 Å². The first kappa shape index (κ1) is 15.8. The lowest BCUT2D eigenvalue weighted by Gasteiger charge is -2.18. The first-order valence-corrected chi connectivity index (χ1v) is 9.21. The number of amides is 2. The second kappa shape index (κ2) is 5.84. The summed E-state index contributed by atoms with van der Waals surface area (Å²) >= 11 is 0. The second-order valence-electron chi connectivity index (χ2n) is 5.94. The topological polar surface area (TPSA) is 95.6 Å². The zero-order valence-electron chi connectivity index (χ0n) is 12.8. The number of nitrogens with zero attached hydrogens (tertiary/aromatic N) is 1. The van der Waals surface area contributed by atoms with Gasteiger partial charge in [-0.3, -0.25) is 13.9 Å². The van der Waals surface area contributed by atoms with Gasteiger partial charge < -0.3 is 10.6 Å². The average molecular weight is 337 g/mol. The highest BCUT2D eigenvalue weighted by Crippen LogP contribution is 2.28. The van der Waals surface area contributed by atoms with Crippen LogP contribution in [-0.2, 0) is 19.6 Å². The Hall–Kier alpha value is -2.09. The molecule has 1 saturated heterocycles. The van der Waals surface area contributed by atoms with Crippen LogP contribution in [0.4, 0.5) is 11.4 Å². The van der Waals surface area contributed by atoms with Crippen LogP contribution >= 0.6 is 0 Å². The van der Waals surface area contributed by atoms with Crippen molar-refractivity contribution in [2.75, 3.05) is 21.9 Å². The van der Waals surface area contributed by atoms with E-state index in [0.717, 1.165) is 12.8 Å². The summed E-state index contributed by atoms with van der Waals surface area (Å²) in [5.41, 5.74) is 1.79. The van der Waals surface area contributed by atoms with Crippen molar-refractivity contribution in [2.45, 2.75) is 32.2 Å². The number of carbonyl (C=O) groups excluding carboxylic acids is 2. The summed E-state index contributed by atoms with van der Waals surface area (Å²) in [7, 11) is -3.23. The second-order valence-corrected chi connectivity index (χ2v) is 7.96. The predicted octanol–water partition coefficient (Wildman–Crippen LogP) is 0.752. The van der Waals surface area contributed by atoms with Gasteiger partial charge >= 0.3 is 11.8 Å². The van der Waals surface area contributed by atoms with Crippen LogP contribution in [0.1, 0.15) is 24.8 Å². The Kier molecular flexibility index (Phi) is 4.01. The number of sulfonamides is 1. The Bertz CT molecular complexity index is 756. The molecule has 8 heteroatoms. The molecular weight excluding hydrogens is 318 g/mol. The highest BCUT2D eigenvalue weighted by molar-refractivity contribution is 7.93. The molecule has 1 saturated carbocycles. The normalized spacial score (nSPS) is 19.4. The molecule has 1 aliphatic heterocycles. The lowest BCUT2D eigenvalue weighted by molar-refractivity contribution is -0.136. The van der Waals surface area contributed by atoms with Crippen LogP contribution in [0, 0.1) is 6.92 Å². The van der Waals surface area contributed by atoms with E-state index in [1.165, 1.54) is 4.31 Å². The molecule has 1 aromatic rings. The third-order valence-electron chi connectivity index (χ3n) is 3.96. The molecule has 0 aromatic heterocycles. The summed E-state index contributed by atoms with van der Waals surface area (Å²) in [5.74, 6) is -1.19. The highest BCUT2D eigenvalue weighted by Gasteiger charge is 2.29. The third-order valence-corrected chi connectivity index (χ3v) is 5.83. The molecule has 2 amide bonds. The van der Waals surface area contributed by atoms with Gasteiger partial charge in [0, 0.05) is 18.3 Å². The minimum absolute atomic E-state index is 0.122. The lowest BCUT2D eigenvalue weighted by Crippen LogP contribution is -2.36. The fourth-order valence-corrected chi connectivity index (χ4v) is 4.09. The van der Waals surface area contributed by atoms with E-state index in [4.69, 9.17) is 0 Å². The van der Waals surface area contributed by atoms with Gasteiger partial charge in [-0.1, -0.05) is 0 Å². The van der Waals surface area contributed by atoms with Crippen molar-refractivity contribution >= 4 is 33.2 Å². The van der Waals surface area contributed by atoms with Crippen molar-refractivity contribution in [3.63, 3.8) is 0 Å². The van der Waals surface area contributed by atoms with Gasteiger partial charge in [0.15, 0.2) is 0 Å². The molecule has 2 aliphatic rings. The van der Waals surface area contributed by atoms with Crippen LogP contribution in [0.5, 0.6) is 0 Å². The number of aryl methyl sites for hydroxylation is 1. The summed E-state index contributed by atoms with van der Waals surface area (Å²) < 4.78 is 25.3. The molecule has 23 heavy (non-hydrogen) atoms. The molecule has 0 unspecified atom stereocenters. The maximum absolute atomic E-state index is 11.9. The number of hydrogen-bond donors (Lipinski definition) is 2. The van der Waals surface area contributed by atoms with E-state index in [1.807, 2.05) is 0 Å². The molecule has 1 aromatic carbocycles. The fraction of sp³-hybridized carbons (Fsp3) is 0.467. The molecule has 0 atom stereocenters. The number of benzene rings is 1. The monoisotopic (exact) mass is 337 g/mol. The molecule has 2 fully saturated rings. The third kappa shape index (κ3) is 3.47. The molecular formula is C15H19N3O4S. The predicted molar refractivity (Wildman–Crippen MR) is 86.7 cm³/mol. The molecule has 2 N–H and O–H groups in total. The Balaban J connectivity index is 1.72. The number of carbonyl (C=O) groups is 2. The standard InChI is InChI=1S/C15H19N3O4S/c1-10-9-12(18-7-2-8-23(18,21)22)5-6-13(10)17-15(20)14(19)16-11-3-4-11/h5-6,9,11H,2-4,7-8H2,1H3,(H,16,19)(H,17,20). The first-order valence-electron chi connectivity index (χ1n) is 7.60. The number of nitrogens with one attached hydrogen (secondary N) is 2. The molecule has 0 spiro atoms. The maximum atomic E-state index is 11.9. The van der Waals surface area contributed by atoms with Crippen LogP contribution in [0.2, 0.25) is 0 Å². The minimum atomic E-state index is -3.23. The Labute approximate surface area is 135 Å². The summed E-state index contributed by atoms with van der Waals surface area (Å²) in [6, 6.07) is 5.10. The molecule has 124 valence electrons. The van der Waals surface area contributed by atoms with Crippen molar-refractivity contribution in [3.8, 4) is 0 Å². The fourth-order valence-electron chi connectivity index (χ4n) is 2.53. The van der Waals surface area contributed by atoms with Gasteiger partial charge in [-0.2, -0.15) is 0 Å². The van der Waals surface area contributed by atoms with Gasteiger partial charge in [0.25, 0.3) is 0 Å². The van der Waals surface area contributed by atoms with Gasteiger partial charge in [-0.25, -0.2) is 8.42 Å². The summed E-state index contributed by atoms with van der Waals surface area (Å²) in [6.45, 7) is 2.23. The van der Waals surface area contributed by atoms with E-state index in [-0.39, 0.29) is 11.8 Å². The molecule has 0 radical (unpaired) electrons. The van der Waals surface area contributed by atoms with E-state index in [2.05, 4.69) is 10.6 Å². The van der Waals surface area contributed by atoms with Crippen molar-refractivity contribution in [2.24, 2.45) is 0 Å². The quantitative estimate of drug-likeness (QED) is 0.796. The van der Waals surface area contributed by atoms with E-state index in [1.54, 1.807) is 25.1 Å². The Morgan fingerprint density at radius 2 is 1.96 bits per heavy atom. The zero-order valence-corrected chi connectivity index (χ0v) is 13.6. The van der Waals surface area contributed by atoms with Gasteiger partial charge in [-0.15, -0.1) is 0 Å². The van der Waals surface area contributed by atoms with Gasteiger partial charge in [0.1, 0.15) is 0 Å². The van der Waals surface area contributed by atoms with Crippen LogP contribution in [0.3, 0.4) is 0 Å². The van der Waals surface area contributed by atoms with Gasteiger partial charge in [-0.05, 0) is 49.9 Å². The lowest BCUT2D eigenvalue weighted by atomic mass is 10.1. The zero-order chi connectivity index (χ0) is 16.6. The number of anilines is 2. The van der Waals surface area contributed by atoms with E-state index in [9.17, 15) is 18.0 Å². The smallest absolute Gasteiger partial charge is 0.313 e. The number of rotatable bonds is 3. The van der Waals surface area contributed by atoms with Crippen LogP contribution < -0.4 is 14.9 Å². The maximum Gasteiger partial charge on any atom is 0.313 e. The SMILES string of the molecule is Cc1cc(N2CCCS2(=O)=O)ccc1NC(=O)C(=O)NC1CC1. The van der Waals surface area contributed by atoms with Crippen molar-refractivity contribution in [1.82, 2.24) is 5.32 Å². The summed E-state index contributed by atoms with van der Waals surface area (Å²) in [5, 5.41) is 5.18. The van der Waals surface area contributed by atoms with Crippen LogP contribution in [0.15, 0.2) is 18.2 Å².